The Morgan fingerprint density at radius 3 is 2.61 bits per heavy atom. The van der Waals surface area contributed by atoms with Crippen LogP contribution >= 0.6 is 0 Å². The number of carbonyl (C=O) groups excluding carboxylic acids is 1. The minimum atomic E-state index is -0.485. The second-order valence-electron chi connectivity index (χ2n) is 11.5. The van der Waals surface area contributed by atoms with Crippen molar-refractivity contribution in [1.29, 1.82) is 0 Å². The summed E-state index contributed by atoms with van der Waals surface area (Å²) >= 11 is 0. The van der Waals surface area contributed by atoms with Gasteiger partial charge in [0.2, 0.25) is 0 Å². The van der Waals surface area contributed by atoms with Gasteiger partial charge in [0, 0.05) is 44.6 Å². The maximum atomic E-state index is 12.6. The van der Waals surface area contributed by atoms with E-state index >= 15 is 0 Å². The zero-order valence-corrected chi connectivity index (χ0v) is 18.0. The van der Waals surface area contributed by atoms with Gasteiger partial charge in [-0.15, -0.1) is 0 Å². The van der Waals surface area contributed by atoms with Crippen LogP contribution in [0.4, 0.5) is 0 Å². The summed E-state index contributed by atoms with van der Waals surface area (Å²) in [6, 6.07) is 0. The number of hydrogen-bond acceptors (Lipinski definition) is 4. The number of fused-ring (bicyclic) bond motifs is 5. The van der Waals surface area contributed by atoms with Crippen molar-refractivity contribution in [3.63, 3.8) is 0 Å². The first kappa shape index (κ1) is 19.5. The van der Waals surface area contributed by atoms with E-state index in [1.807, 2.05) is 0 Å². The van der Waals surface area contributed by atoms with E-state index in [1.54, 1.807) is 0 Å². The van der Waals surface area contributed by atoms with Gasteiger partial charge in [0.05, 0.1) is 5.60 Å². The second-order valence-corrected chi connectivity index (χ2v) is 11.5. The molecule has 28 heavy (non-hydrogen) atoms. The van der Waals surface area contributed by atoms with Crippen molar-refractivity contribution in [2.45, 2.75) is 77.2 Å². The van der Waals surface area contributed by atoms with E-state index in [2.05, 4.69) is 24.1 Å². The quantitative estimate of drug-likeness (QED) is 0.763. The number of hydrogen-bond donors (Lipinski definition) is 2. The zero-order valence-electron chi connectivity index (χ0n) is 18.0. The Bertz CT molecular complexity index is 632. The number of piperazine rings is 1. The number of nitrogens with one attached hydrogen (secondary N) is 1. The highest BCUT2D eigenvalue weighted by Gasteiger charge is 2.61. The third-order valence-electron chi connectivity index (χ3n) is 10.3. The van der Waals surface area contributed by atoms with Gasteiger partial charge >= 0.3 is 0 Å². The Morgan fingerprint density at radius 2 is 1.82 bits per heavy atom. The molecule has 0 spiro atoms. The summed E-state index contributed by atoms with van der Waals surface area (Å²) in [6.45, 7) is 9.96. The van der Waals surface area contributed by atoms with Crippen molar-refractivity contribution in [3.05, 3.63) is 0 Å². The van der Waals surface area contributed by atoms with Crippen LogP contribution in [0.1, 0.15) is 71.6 Å². The number of β-amino-alcohol motifs (C(OH)–C–C–N with tert-alkyl or cyclic N) is 1. The van der Waals surface area contributed by atoms with E-state index < -0.39 is 5.60 Å². The highest BCUT2D eigenvalue weighted by Crippen LogP contribution is 2.66. The predicted octanol–water partition coefficient (Wildman–Crippen LogP) is 3.23. The summed E-state index contributed by atoms with van der Waals surface area (Å²) in [7, 11) is 0. The van der Waals surface area contributed by atoms with Gasteiger partial charge in [-0.05, 0) is 80.5 Å². The summed E-state index contributed by atoms with van der Waals surface area (Å²) in [5.74, 6) is 3.39. The van der Waals surface area contributed by atoms with Crippen LogP contribution < -0.4 is 5.32 Å². The second kappa shape index (κ2) is 6.78. The molecule has 1 heterocycles. The fraction of sp³-hybridized carbons (Fsp3) is 0.958. The number of rotatable bonds is 2. The maximum Gasteiger partial charge on any atom is 0.139 e. The molecule has 2 N–H and O–H groups in total. The standard InChI is InChI=1S/C24H40N2O2/c1-22-9-10-24(28,16-26-13-11-25-12-14-26)15-17(22)3-4-18-19-5-6-21(27)23(19,2)8-7-20(18)22/h17-20,25,28H,3-16H2,1-2H3/t17-,18-,19-,20-,22-,23-,24+/m0/s1. The van der Waals surface area contributed by atoms with E-state index in [0.717, 1.165) is 76.7 Å². The molecule has 5 rings (SSSR count). The lowest BCUT2D eigenvalue weighted by atomic mass is 9.44. The van der Waals surface area contributed by atoms with Crippen molar-refractivity contribution >= 4 is 5.78 Å². The monoisotopic (exact) mass is 388 g/mol. The van der Waals surface area contributed by atoms with Crippen LogP contribution in [0, 0.1) is 34.5 Å². The molecular formula is C24H40N2O2. The summed E-state index contributed by atoms with van der Waals surface area (Å²) in [6.07, 6.45) is 10.0. The van der Waals surface area contributed by atoms with Gasteiger partial charge in [-0.1, -0.05) is 13.8 Å². The lowest BCUT2D eigenvalue weighted by molar-refractivity contribution is -0.157. The van der Waals surface area contributed by atoms with Gasteiger partial charge in [-0.3, -0.25) is 9.69 Å². The summed E-state index contributed by atoms with van der Waals surface area (Å²) in [5, 5.41) is 14.9. The zero-order chi connectivity index (χ0) is 19.6. The molecule has 5 aliphatic rings. The molecule has 1 saturated heterocycles. The van der Waals surface area contributed by atoms with Crippen molar-refractivity contribution in [2.24, 2.45) is 34.5 Å². The Balaban J connectivity index is 1.31. The third kappa shape index (κ3) is 2.93. The van der Waals surface area contributed by atoms with Gasteiger partial charge in [-0.2, -0.15) is 0 Å². The molecule has 0 amide bonds. The molecule has 4 aliphatic carbocycles. The lowest BCUT2D eigenvalue weighted by Gasteiger charge is -2.61. The van der Waals surface area contributed by atoms with Crippen LogP contribution in [-0.4, -0.2) is 54.1 Å². The SMILES string of the molecule is C[C@]12CC[C@](O)(CN3CCNCC3)C[C@@H]1CC[C@@H]1[C@@H]2CC[C@]2(C)C(=O)CC[C@@H]12. The van der Waals surface area contributed by atoms with Gasteiger partial charge in [0.15, 0.2) is 0 Å². The van der Waals surface area contributed by atoms with Gasteiger partial charge < -0.3 is 10.4 Å². The van der Waals surface area contributed by atoms with Crippen LogP contribution in [0.5, 0.6) is 0 Å². The molecule has 158 valence electrons. The minimum absolute atomic E-state index is 0.0118. The van der Waals surface area contributed by atoms with Gasteiger partial charge in [0.1, 0.15) is 5.78 Å². The number of nitrogens with zero attached hydrogens (tertiary/aromatic N) is 1. The van der Waals surface area contributed by atoms with Crippen LogP contribution in [-0.2, 0) is 4.79 Å². The van der Waals surface area contributed by atoms with Crippen LogP contribution in [0.15, 0.2) is 0 Å². The van der Waals surface area contributed by atoms with E-state index in [1.165, 1.54) is 25.7 Å². The molecule has 0 aromatic rings. The molecule has 0 bridgehead atoms. The molecule has 7 atom stereocenters. The summed E-state index contributed by atoms with van der Waals surface area (Å²) in [5.41, 5.74) is -0.117. The smallest absolute Gasteiger partial charge is 0.139 e. The van der Waals surface area contributed by atoms with Crippen molar-refractivity contribution in [3.8, 4) is 0 Å². The van der Waals surface area contributed by atoms with E-state index in [0.29, 0.717) is 23.0 Å². The van der Waals surface area contributed by atoms with E-state index in [9.17, 15) is 9.90 Å². The lowest BCUT2D eigenvalue weighted by Crippen LogP contribution is -2.58. The van der Waals surface area contributed by atoms with Gasteiger partial charge in [-0.25, -0.2) is 0 Å². The van der Waals surface area contributed by atoms with E-state index in [-0.39, 0.29) is 5.41 Å². The Labute approximate surface area is 170 Å². The Hall–Kier alpha value is -0.450. The molecule has 4 heteroatoms. The first-order valence-corrected chi connectivity index (χ1v) is 12.0. The van der Waals surface area contributed by atoms with E-state index in [4.69, 9.17) is 0 Å². The Kier molecular flexibility index (Phi) is 4.73. The number of aliphatic hydroxyl groups is 1. The molecule has 1 aliphatic heterocycles. The molecule has 4 nitrogen and oxygen atoms in total. The number of Topliss-reactive ketones (excluding diaryl/α,β-unsaturated/α-hetero) is 1. The van der Waals surface area contributed by atoms with Crippen LogP contribution in [0.2, 0.25) is 0 Å². The highest BCUT2D eigenvalue weighted by atomic mass is 16.3. The normalized spacial score (nSPS) is 52.0. The largest absolute Gasteiger partial charge is 0.389 e. The fourth-order valence-corrected chi connectivity index (χ4v) is 8.52. The Morgan fingerprint density at radius 1 is 1.04 bits per heavy atom. The maximum absolute atomic E-state index is 12.6. The van der Waals surface area contributed by atoms with Crippen molar-refractivity contribution in [1.82, 2.24) is 10.2 Å². The average molecular weight is 389 g/mol. The molecule has 5 fully saturated rings. The molecule has 0 radical (unpaired) electrons. The predicted molar refractivity (Wildman–Crippen MR) is 111 cm³/mol. The van der Waals surface area contributed by atoms with Crippen LogP contribution in [0.3, 0.4) is 0 Å². The number of carbonyl (C=O) groups is 1. The third-order valence-corrected chi connectivity index (χ3v) is 10.3. The molecule has 0 aromatic heterocycles. The van der Waals surface area contributed by atoms with Crippen molar-refractivity contribution in [2.75, 3.05) is 32.7 Å². The average Bonchev–Trinajstić information content (AvgIpc) is 2.98. The fourth-order valence-electron chi connectivity index (χ4n) is 8.52. The highest BCUT2D eigenvalue weighted by molar-refractivity contribution is 5.87. The van der Waals surface area contributed by atoms with Gasteiger partial charge in [0.25, 0.3) is 0 Å². The molecule has 4 saturated carbocycles. The summed E-state index contributed by atoms with van der Waals surface area (Å²) in [4.78, 5) is 15.1. The molecule has 0 aromatic carbocycles. The summed E-state index contributed by atoms with van der Waals surface area (Å²) < 4.78 is 0. The van der Waals surface area contributed by atoms with Crippen molar-refractivity contribution < 1.29 is 9.90 Å². The van der Waals surface area contributed by atoms with Crippen LogP contribution in [0.25, 0.3) is 0 Å². The number of ketones is 1. The molecular weight excluding hydrogens is 348 g/mol. The first-order chi connectivity index (χ1) is 13.3. The minimum Gasteiger partial charge on any atom is -0.389 e. The topological polar surface area (TPSA) is 52.6 Å². The first-order valence-electron chi connectivity index (χ1n) is 12.0. The molecule has 0 unspecified atom stereocenters.